The fourth-order valence-corrected chi connectivity index (χ4v) is 2.54. The molecule has 0 atom stereocenters. The summed E-state index contributed by atoms with van der Waals surface area (Å²) in [5.41, 5.74) is 5.82. The van der Waals surface area contributed by atoms with E-state index >= 15 is 0 Å². The van der Waals surface area contributed by atoms with Crippen LogP contribution < -0.4 is 15.1 Å². The molecule has 0 radical (unpaired) electrons. The number of rotatable bonds is 9. The lowest BCUT2D eigenvalue weighted by atomic mass is 10.2. The summed E-state index contributed by atoms with van der Waals surface area (Å²) in [6.45, 7) is 8.24. The molecule has 5 heteroatoms. The van der Waals surface area contributed by atoms with Crippen LogP contribution in [-0.2, 0) is 11.2 Å². The molecule has 26 heavy (non-hydrogen) atoms. The van der Waals surface area contributed by atoms with Gasteiger partial charge in [0.25, 0.3) is 5.91 Å². The molecule has 2 rings (SSSR count). The van der Waals surface area contributed by atoms with Crippen LogP contribution in [0.2, 0.25) is 0 Å². The van der Waals surface area contributed by atoms with Crippen LogP contribution in [0.3, 0.4) is 0 Å². The van der Waals surface area contributed by atoms with Crippen molar-refractivity contribution in [2.75, 3.05) is 24.6 Å². The van der Waals surface area contributed by atoms with E-state index in [1.807, 2.05) is 36.4 Å². The third-order valence-electron chi connectivity index (χ3n) is 4.13. The number of amides is 1. The Morgan fingerprint density at radius 1 is 1.04 bits per heavy atom. The zero-order valence-corrected chi connectivity index (χ0v) is 15.7. The summed E-state index contributed by atoms with van der Waals surface area (Å²) in [7, 11) is 0. The van der Waals surface area contributed by atoms with Crippen LogP contribution in [0.25, 0.3) is 0 Å². The van der Waals surface area contributed by atoms with Gasteiger partial charge in [-0.25, -0.2) is 5.43 Å². The highest BCUT2D eigenvalue weighted by Crippen LogP contribution is 2.14. The number of hydrogen-bond donors (Lipinski definition) is 1. The first-order chi connectivity index (χ1) is 12.7. The molecule has 1 amide bonds. The van der Waals surface area contributed by atoms with Gasteiger partial charge in [0.2, 0.25) is 0 Å². The van der Waals surface area contributed by atoms with Gasteiger partial charge in [0.15, 0.2) is 6.61 Å². The second kappa shape index (κ2) is 10.2. The van der Waals surface area contributed by atoms with E-state index in [1.54, 1.807) is 6.21 Å². The van der Waals surface area contributed by atoms with Crippen molar-refractivity contribution in [3.8, 4) is 5.75 Å². The highest BCUT2D eigenvalue weighted by molar-refractivity contribution is 5.83. The number of nitrogens with zero attached hydrogens (tertiary/aromatic N) is 2. The molecule has 0 aliphatic rings. The van der Waals surface area contributed by atoms with Crippen LogP contribution in [0.4, 0.5) is 5.69 Å². The van der Waals surface area contributed by atoms with Gasteiger partial charge < -0.3 is 9.64 Å². The number of nitrogens with one attached hydrogen (secondary N) is 1. The van der Waals surface area contributed by atoms with Crippen LogP contribution in [0.5, 0.6) is 5.75 Å². The summed E-state index contributed by atoms with van der Waals surface area (Å²) in [6.07, 6.45) is 2.60. The van der Waals surface area contributed by atoms with Crippen molar-refractivity contribution >= 4 is 17.8 Å². The number of ether oxygens (including phenoxy) is 1. The Bertz CT molecular complexity index is 705. The van der Waals surface area contributed by atoms with Gasteiger partial charge in [-0.15, -0.1) is 0 Å². The molecular formula is C21H27N3O2. The first kappa shape index (κ1) is 19.5. The molecule has 2 aromatic carbocycles. The van der Waals surface area contributed by atoms with E-state index < -0.39 is 0 Å². The number of anilines is 1. The molecule has 0 bridgehead atoms. The molecule has 0 saturated heterocycles. The maximum absolute atomic E-state index is 11.8. The molecule has 2 aromatic rings. The maximum atomic E-state index is 11.8. The van der Waals surface area contributed by atoms with Crippen LogP contribution in [-0.4, -0.2) is 31.8 Å². The summed E-state index contributed by atoms with van der Waals surface area (Å²) in [5.74, 6) is 0.383. The molecule has 0 fully saturated rings. The van der Waals surface area contributed by atoms with Gasteiger partial charge in [-0.05, 0) is 55.7 Å². The molecule has 0 aromatic heterocycles. The minimum absolute atomic E-state index is 0.0658. The SMILES string of the molecule is CCc1ccc(OCC(=O)N/N=C\c2ccc(N(CC)CC)cc2)cc1. The van der Waals surface area contributed by atoms with Gasteiger partial charge >= 0.3 is 0 Å². The Kier molecular flexibility index (Phi) is 7.68. The Labute approximate surface area is 155 Å². The summed E-state index contributed by atoms with van der Waals surface area (Å²) in [4.78, 5) is 14.1. The van der Waals surface area contributed by atoms with Gasteiger partial charge in [0.1, 0.15) is 5.75 Å². The number of carbonyl (C=O) groups excluding carboxylic acids is 1. The molecule has 0 aliphatic carbocycles. The minimum atomic E-state index is -0.291. The third kappa shape index (κ3) is 5.92. The predicted octanol–water partition coefficient (Wildman–Crippen LogP) is 3.62. The average Bonchev–Trinajstić information content (AvgIpc) is 2.69. The monoisotopic (exact) mass is 353 g/mol. The van der Waals surface area contributed by atoms with Crippen LogP contribution in [0.15, 0.2) is 53.6 Å². The highest BCUT2D eigenvalue weighted by Gasteiger charge is 2.02. The summed E-state index contributed by atoms with van der Waals surface area (Å²) in [5, 5.41) is 3.98. The molecule has 5 nitrogen and oxygen atoms in total. The second-order valence-electron chi connectivity index (χ2n) is 5.84. The van der Waals surface area contributed by atoms with Gasteiger partial charge in [-0.1, -0.05) is 31.2 Å². The molecule has 0 spiro atoms. The second-order valence-corrected chi connectivity index (χ2v) is 5.84. The Morgan fingerprint density at radius 3 is 2.27 bits per heavy atom. The number of hydrogen-bond acceptors (Lipinski definition) is 4. The molecule has 0 unspecified atom stereocenters. The fourth-order valence-electron chi connectivity index (χ4n) is 2.54. The molecule has 1 N–H and O–H groups in total. The van der Waals surface area contributed by atoms with Crippen molar-refractivity contribution in [1.82, 2.24) is 5.43 Å². The highest BCUT2D eigenvalue weighted by atomic mass is 16.5. The Hall–Kier alpha value is -2.82. The smallest absolute Gasteiger partial charge is 0.277 e. The average molecular weight is 353 g/mol. The lowest BCUT2D eigenvalue weighted by molar-refractivity contribution is -0.123. The fraction of sp³-hybridized carbons (Fsp3) is 0.333. The number of aryl methyl sites for hydroxylation is 1. The molecule has 0 heterocycles. The van der Waals surface area contributed by atoms with Crippen LogP contribution >= 0.6 is 0 Å². The standard InChI is InChI=1S/C21H27N3O2/c1-4-17-9-13-20(14-10-17)26-16-21(25)23-22-15-18-7-11-19(12-8-18)24(5-2)6-3/h7-15H,4-6,16H2,1-3H3,(H,23,25)/b22-15-. The molecule has 0 saturated carbocycles. The van der Waals surface area contributed by atoms with Crippen molar-refractivity contribution in [2.24, 2.45) is 5.10 Å². The van der Waals surface area contributed by atoms with E-state index in [1.165, 1.54) is 11.3 Å². The van der Waals surface area contributed by atoms with Crippen molar-refractivity contribution in [1.29, 1.82) is 0 Å². The lowest BCUT2D eigenvalue weighted by Crippen LogP contribution is -2.24. The molecule has 0 aliphatic heterocycles. The van der Waals surface area contributed by atoms with E-state index in [0.29, 0.717) is 5.75 Å². The summed E-state index contributed by atoms with van der Waals surface area (Å²) < 4.78 is 5.45. The van der Waals surface area contributed by atoms with Gasteiger partial charge in [0, 0.05) is 18.8 Å². The van der Waals surface area contributed by atoms with Crippen LogP contribution in [0.1, 0.15) is 31.9 Å². The normalized spacial score (nSPS) is 10.7. The van der Waals surface area contributed by atoms with Crippen molar-refractivity contribution in [2.45, 2.75) is 27.2 Å². The van der Waals surface area contributed by atoms with E-state index in [2.05, 4.69) is 48.3 Å². The van der Waals surface area contributed by atoms with E-state index in [9.17, 15) is 4.79 Å². The zero-order chi connectivity index (χ0) is 18.8. The predicted molar refractivity (Wildman–Crippen MR) is 107 cm³/mol. The minimum Gasteiger partial charge on any atom is -0.484 e. The van der Waals surface area contributed by atoms with Gasteiger partial charge in [-0.3, -0.25) is 4.79 Å². The number of hydrazone groups is 1. The van der Waals surface area contributed by atoms with E-state index in [4.69, 9.17) is 4.74 Å². The summed E-state index contributed by atoms with van der Waals surface area (Å²) in [6, 6.07) is 15.8. The third-order valence-corrected chi connectivity index (χ3v) is 4.13. The quantitative estimate of drug-likeness (QED) is 0.553. The summed E-state index contributed by atoms with van der Waals surface area (Å²) >= 11 is 0. The first-order valence-electron chi connectivity index (χ1n) is 9.04. The largest absolute Gasteiger partial charge is 0.484 e. The topological polar surface area (TPSA) is 53.9 Å². The van der Waals surface area contributed by atoms with Gasteiger partial charge in [0.05, 0.1) is 6.21 Å². The lowest BCUT2D eigenvalue weighted by Gasteiger charge is -2.20. The number of carbonyl (C=O) groups is 1. The Balaban J connectivity index is 1.78. The molecule has 138 valence electrons. The van der Waals surface area contributed by atoms with Crippen molar-refractivity contribution in [3.63, 3.8) is 0 Å². The van der Waals surface area contributed by atoms with Crippen LogP contribution in [0, 0.1) is 0 Å². The first-order valence-corrected chi connectivity index (χ1v) is 9.04. The zero-order valence-electron chi connectivity index (χ0n) is 15.7. The van der Waals surface area contributed by atoms with Gasteiger partial charge in [-0.2, -0.15) is 5.10 Å². The van der Waals surface area contributed by atoms with E-state index in [0.717, 1.165) is 25.1 Å². The Morgan fingerprint density at radius 2 is 1.69 bits per heavy atom. The maximum Gasteiger partial charge on any atom is 0.277 e. The molecular weight excluding hydrogens is 326 g/mol. The van der Waals surface area contributed by atoms with Crippen molar-refractivity contribution < 1.29 is 9.53 Å². The van der Waals surface area contributed by atoms with Crippen molar-refractivity contribution in [3.05, 3.63) is 59.7 Å². The van der Waals surface area contributed by atoms with E-state index in [-0.39, 0.29) is 12.5 Å². The number of benzene rings is 2.